The molecule has 0 spiro atoms. The summed E-state index contributed by atoms with van der Waals surface area (Å²) in [5.74, 6) is 2.05. The van der Waals surface area contributed by atoms with Gasteiger partial charge in [0.05, 0.1) is 26.0 Å². The number of aromatic nitrogens is 2. The lowest BCUT2D eigenvalue weighted by Gasteiger charge is -2.11. The molecule has 1 amide bonds. The van der Waals surface area contributed by atoms with Gasteiger partial charge in [0.25, 0.3) is 5.91 Å². The number of benzene rings is 2. The number of para-hydroxylation sites is 2. The predicted molar refractivity (Wildman–Crippen MR) is 116 cm³/mol. The van der Waals surface area contributed by atoms with E-state index in [1.807, 2.05) is 49.4 Å². The molecule has 0 aliphatic heterocycles. The highest BCUT2D eigenvalue weighted by Crippen LogP contribution is 2.26. The fourth-order valence-electron chi connectivity index (χ4n) is 2.70. The van der Waals surface area contributed by atoms with Gasteiger partial charge in [0, 0.05) is 11.6 Å². The molecular formula is C23H25N3O5. The highest BCUT2D eigenvalue weighted by atomic mass is 16.5. The highest BCUT2D eigenvalue weighted by molar-refractivity contribution is 5.77. The molecule has 3 aromatic rings. The molecule has 3 rings (SSSR count). The van der Waals surface area contributed by atoms with Gasteiger partial charge >= 0.3 is 0 Å². The average Bonchev–Trinajstić information content (AvgIpc) is 2.82. The van der Waals surface area contributed by atoms with Gasteiger partial charge in [-0.1, -0.05) is 12.1 Å². The molecule has 31 heavy (non-hydrogen) atoms. The van der Waals surface area contributed by atoms with Gasteiger partial charge in [-0.3, -0.25) is 4.79 Å². The van der Waals surface area contributed by atoms with E-state index in [0.717, 1.165) is 17.0 Å². The Bertz CT molecular complexity index is 962. The van der Waals surface area contributed by atoms with Crippen molar-refractivity contribution < 1.29 is 23.7 Å². The van der Waals surface area contributed by atoms with Gasteiger partial charge in [-0.05, 0) is 49.4 Å². The summed E-state index contributed by atoms with van der Waals surface area (Å²) in [4.78, 5) is 12.0. The van der Waals surface area contributed by atoms with Crippen molar-refractivity contribution in [3.63, 3.8) is 0 Å². The van der Waals surface area contributed by atoms with Crippen LogP contribution in [-0.4, -0.2) is 49.6 Å². The quantitative estimate of drug-likeness (QED) is 0.474. The van der Waals surface area contributed by atoms with Crippen molar-refractivity contribution in [3.8, 4) is 34.4 Å². The van der Waals surface area contributed by atoms with Crippen LogP contribution in [0.1, 0.15) is 6.92 Å². The Kier molecular flexibility index (Phi) is 8.05. The number of hydrogen-bond donors (Lipinski definition) is 1. The Balaban J connectivity index is 1.39. The van der Waals surface area contributed by atoms with Gasteiger partial charge in [0.15, 0.2) is 18.1 Å². The van der Waals surface area contributed by atoms with Crippen molar-refractivity contribution in [2.75, 3.05) is 33.5 Å². The molecule has 8 heteroatoms. The van der Waals surface area contributed by atoms with Crippen molar-refractivity contribution in [3.05, 3.63) is 60.7 Å². The molecule has 1 aromatic heterocycles. The minimum Gasteiger partial charge on any atom is -0.497 e. The van der Waals surface area contributed by atoms with Gasteiger partial charge in [-0.2, -0.15) is 0 Å². The molecular weight excluding hydrogens is 398 g/mol. The van der Waals surface area contributed by atoms with E-state index in [1.165, 1.54) is 0 Å². The van der Waals surface area contributed by atoms with E-state index < -0.39 is 0 Å². The van der Waals surface area contributed by atoms with E-state index in [9.17, 15) is 4.79 Å². The Morgan fingerprint density at radius 1 is 0.903 bits per heavy atom. The number of amides is 1. The summed E-state index contributed by atoms with van der Waals surface area (Å²) in [5.41, 5.74) is 1.66. The normalized spacial score (nSPS) is 10.3. The largest absolute Gasteiger partial charge is 0.497 e. The first-order valence-corrected chi connectivity index (χ1v) is 9.92. The maximum atomic E-state index is 12.0. The predicted octanol–water partition coefficient (Wildman–Crippen LogP) is 3.12. The Morgan fingerprint density at radius 2 is 1.65 bits per heavy atom. The molecule has 0 unspecified atom stereocenters. The zero-order chi connectivity index (χ0) is 21.9. The Hall–Kier alpha value is -3.81. The standard InChI is InChI=1S/C23H25N3O5/c1-3-29-20-6-4-5-7-21(20)31-16-22(27)24-14-15-30-23-13-12-19(25-26-23)17-8-10-18(28-2)11-9-17/h4-13H,3,14-16H2,1-2H3,(H,24,27). The second-order valence-electron chi connectivity index (χ2n) is 6.35. The number of ether oxygens (including phenoxy) is 4. The highest BCUT2D eigenvalue weighted by Gasteiger charge is 2.07. The molecule has 0 fully saturated rings. The molecule has 0 radical (unpaired) electrons. The number of hydrogen-bond acceptors (Lipinski definition) is 7. The van der Waals surface area contributed by atoms with Gasteiger partial charge in [0.2, 0.25) is 5.88 Å². The summed E-state index contributed by atoms with van der Waals surface area (Å²) in [6.07, 6.45) is 0. The summed E-state index contributed by atoms with van der Waals surface area (Å²) in [5, 5.41) is 11.0. The van der Waals surface area contributed by atoms with Crippen molar-refractivity contribution in [1.82, 2.24) is 15.5 Å². The van der Waals surface area contributed by atoms with E-state index in [4.69, 9.17) is 18.9 Å². The summed E-state index contributed by atoms with van der Waals surface area (Å²) in [6, 6.07) is 18.3. The Morgan fingerprint density at radius 3 is 2.29 bits per heavy atom. The first-order valence-electron chi connectivity index (χ1n) is 9.92. The molecule has 0 atom stereocenters. The SMILES string of the molecule is CCOc1ccccc1OCC(=O)NCCOc1ccc(-c2ccc(OC)cc2)nn1. The first kappa shape index (κ1) is 21.9. The Labute approximate surface area is 181 Å². The lowest BCUT2D eigenvalue weighted by atomic mass is 10.1. The third kappa shape index (κ3) is 6.60. The van der Waals surface area contributed by atoms with Crippen molar-refractivity contribution in [2.45, 2.75) is 6.92 Å². The smallest absolute Gasteiger partial charge is 0.258 e. The molecule has 8 nitrogen and oxygen atoms in total. The second kappa shape index (κ2) is 11.4. The van der Waals surface area contributed by atoms with Crippen LogP contribution in [0.2, 0.25) is 0 Å². The summed E-state index contributed by atoms with van der Waals surface area (Å²) >= 11 is 0. The van der Waals surface area contributed by atoms with Crippen LogP contribution in [0.15, 0.2) is 60.7 Å². The van der Waals surface area contributed by atoms with Crippen molar-refractivity contribution >= 4 is 5.91 Å². The third-order valence-corrected chi connectivity index (χ3v) is 4.21. The molecule has 0 saturated heterocycles. The molecule has 1 heterocycles. The maximum absolute atomic E-state index is 12.0. The van der Waals surface area contributed by atoms with Crippen LogP contribution in [0.5, 0.6) is 23.1 Å². The van der Waals surface area contributed by atoms with Crippen LogP contribution in [0.3, 0.4) is 0 Å². The number of carbonyl (C=O) groups excluding carboxylic acids is 1. The van der Waals surface area contributed by atoms with Crippen molar-refractivity contribution in [2.24, 2.45) is 0 Å². The van der Waals surface area contributed by atoms with Crippen LogP contribution in [-0.2, 0) is 4.79 Å². The van der Waals surface area contributed by atoms with Gasteiger partial charge in [-0.25, -0.2) is 0 Å². The second-order valence-corrected chi connectivity index (χ2v) is 6.35. The number of nitrogens with zero attached hydrogens (tertiary/aromatic N) is 2. The molecule has 0 aliphatic carbocycles. The van der Waals surface area contributed by atoms with Gasteiger partial charge in [-0.15, -0.1) is 10.2 Å². The summed E-state index contributed by atoms with van der Waals surface area (Å²) < 4.78 is 21.7. The molecule has 2 aromatic carbocycles. The minimum absolute atomic E-state index is 0.111. The van der Waals surface area contributed by atoms with Crippen LogP contribution >= 0.6 is 0 Å². The fraction of sp³-hybridized carbons (Fsp3) is 0.261. The molecule has 0 aliphatic rings. The van der Waals surface area contributed by atoms with Crippen LogP contribution in [0.25, 0.3) is 11.3 Å². The molecule has 162 valence electrons. The average molecular weight is 423 g/mol. The van der Waals surface area contributed by atoms with Gasteiger partial charge < -0.3 is 24.3 Å². The van der Waals surface area contributed by atoms with E-state index in [1.54, 1.807) is 25.3 Å². The minimum atomic E-state index is -0.254. The van der Waals surface area contributed by atoms with E-state index >= 15 is 0 Å². The lowest BCUT2D eigenvalue weighted by Crippen LogP contribution is -2.32. The molecule has 0 saturated carbocycles. The molecule has 1 N–H and O–H groups in total. The fourth-order valence-corrected chi connectivity index (χ4v) is 2.70. The number of rotatable bonds is 11. The number of methoxy groups -OCH3 is 1. The van der Waals surface area contributed by atoms with E-state index in [2.05, 4.69) is 15.5 Å². The zero-order valence-corrected chi connectivity index (χ0v) is 17.5. The maximum Gasteiger partial charge on any atom is 0.258 e. The monoisotopic (exact) mass is 423 g/mol. The van der Waals surface area contributed by atoms with Crippen LogP contribution in [0, 0.1) is 0 Å². The first-order chi connectivity index (χ1) is 15.2. The van der Waals surface area contributed by atoms with Crippen LogP contribution in [0.4, 0.5) is 0 Å². The van der Waals surface area contributed by atoms with E-state index in [-0.39, 0.29) is 19.1 Å². The topological polar surface area (TPSA) is 91.8 Å². The van der Waals surface area contributed by atoms with Crippen LogP contribution < -0.4 is 24.3 Å². The number of nitrogens with one attached hydrogen (secondary N) is 1. The lowest BCUT2D eigenvalue weighted by molar-refractivity contribution is -0.123. The third-order valence-electron chi connectivity index (χ3n) is 4.21. The van der Waals surface area contributed by atoms with Crippen molar-refractivity contribution in [1.29, 1.82) is 0 Å². The number of carbonyl (C=O) groups is 1. The summed E-state index contributed by atoms with van der Waals surface area (Å²) in [6.45, 7) is 2.88. The van der Waals surface area contributed by atoms with E-state index in [0.29, 0.717) is 30.5 Å². The molecule has 0 bridgehead atoms. The zero-order valence-electron chi connectivity index (χ0n) is 17.5. The summed E-state index contributed by atoms with van der Waals surface area (Å²) in [7, 11) is 1.62. The van der Waals surface area contributed by atoms with Gasteiger partial charge in [0.1, 0.15) is 12.4 Å².